The molecule has 0 saturated carbocycles. The van der Waals surface area contributed by atoms with Crippen molar-refractivity contribution in [3.8, 4) is 17.0 Å². The molecule has 4 heteroatoms. The molecule has 1 atom stereocenters. The van der Waals surface area contributed by atoms with Crippen LogP contribution in [0.2, 0.25) is 0 Å². The Morgan fingerprint density at radius 2 is 2.10 bits per heavy atom. The fourth-order valence-corrected chi connectivity index (χ4v) is 2.17. The predicted octanol–water partition coefficient (Wildman–Crippen LogP) is 3.96. The van der Waals surface area contributed by atoms with Gasteiger partial charge in [0, 0.05) is 29.4 Å². The van der Waals surface area contributed by atoms with Crippen LogP contribution in [0.5, 0.6) is 5.88 Å². The molecule has 1 aromatic heterocycles. The van der Waals surface area contributed by atoms with E-state index in [0.29, 0.717) is 11.4 Å². The van der Waals surface area contributed by atoms with E-state index in [2.05, 4.69) is 24.1 Å². The number of hydrogen-bond acceptors (Lipinski definition) is 3. The maximum Gasteiger partial charge on any atom is 0.212 e. The van der Waals surface area contributed by atoms with E-state index in [4.69, 9.17) is 4.74 Å². The van der Waals surface area contributed by atoms with E-state index in [1.165, 1.54) is 6.07 Å². The molecule has 1 N–H and O–H groups in total. The SMILES string of the molecule is CCCNC(C)c1ccc(F)c(-c2ccc(OC)nc2)c1. The lowest BCUT2D eigenvalue weighted by molar-refractivity contribution is 0.398. The van der Waals surface area contributed by atoms with Crippen LogP contribution in [0, 0.1) is 5.82 Å². The lowest BCUT2D eigenvalue weighted by Crippen LogP contribution is -2.19. The second kappa shape index (κ2) is 7.18. The lowest BCUT2D eigenvalue weighted by atomic mass is 10.0. The molecule has 0 bridgehead atoms. The number of pyridine rings is 1. The third-order valence-corrected chi connectivity index (χ3v) is 3.45. The number of rotatable bonds is 6. The van der Waals surface area contributed by atoms with Crippen LogP contribution in [0.4, 0.5) is 4.39 Å². The van der Waals surface area contributed by atoms with Gasteiger partial charge < -0.3 is 10.1 Å². The fourth-order valence-electron chi connectivity index (χ4n) is 2.17. The topological polar surface area (TPSA) is 34.1 Å². The van der Waals surface area contributed by atoms with Crippen molar-refractivity contribution in [3.63, 3.8) is 0 Å². The van der Waals surface area contributed by atoms with E-state index in [1.807, 2.05) is 18.2 Å². The molecule has 0 radical (unpaired) electrons. The van der Waals surface area contributed by atoms with Crippen LogP contribution >= 0.6 is 0 Å². The molecule has 0 amide bonds. The Labute approximate surface area is 125 Å². The zero-order valence-corrected chi connectivity index (χ0v) is 12.7. The Morgan fingerprint density at radius 3 is 2.71 bits per heavy atom. The maximum atomic E-state index is 14.1. The number of benzene rings is 1. The molecular weight excluding hydrogens is 267 g/mol. The highest BCUT2D eigenvalue weighted by molar-refractivity contribution is 5.64. The van der Waals surface area contributed by atoms with Crippen molar-refractivity contribution < 1.29 is 9.13 Å². The van der Waals surface area contributed by atoms with Crippen molar-refractivity contribution in [1.29, 1.82) is 0 Å². The van der Waals surface area contributed by atoms with Crippen molar-refractivity contribution in [1.82, 2.24) is 10.3 Å². The molecule has 0 fully saturated rings. The number of ether oxygens (including phenoxy) is 1. The molecule has 0 aliphatic rings. The van der Waals surface area contributed by atoms with Crippen LogP contribution in [-0.2, 0) is 0 Å². The van der Waals surface area contributed by atoms with Crippen molar-refractivity contribution in [2.24, 2.45) is 0 Å². The second-order valence-corrected chi connectivity index (χ2v) is 5.00. The van der Waals surface area contributed by atoms with Gasteiger partial charge in [-0.05, 0) is 43.7 Å². The van der Waals surface area contributed by atoms with E-state index >= 15 is 0 Å². The molecule has 1 aromatic carbocycles. The summed E-state index contributed by atoms with van der Waals surface area (Å²) in [6.45, 7) is 5.15. The molecule has 1 unspecified atom stereocenters. The van der Waals surface area contributed by atoms with Gasteiger partial charge in [-0.25, -0.2) is 9.37 Å². The predicted molar refractivity (Wildman–Crippen MR) is 82.9 cm³/mol. The van der Waals surface area contributed by atoms with Crippen LogP contribution in [0.25, 0.3) is 11.1 Å². The van der Waals surface area contributed by atoms with Gasteiger partial charge in [0.15, 0.2) is 0 Å². The summed E-state index contributed by atoms with van der Waals surface area (Å²) in [4.78, 5) is 4.13. The van der Waals surface area contributed by atoms with Crippen LogP contribution in [0.3, 0.4) is 0 Å². The third-order valence-electron chi connectivity index (χ3n) is 3.45. The summed E-state index contributed by atoms with van der Waals surface area (Å²) in [5.41, 5.74) is 2.38. The average molecular weight is 288 g/mol. The highest BCUT2D eigenvalue weighted by Crippen LogP contribution is 2.26. The molecule has 1 heterocycles. The highest BCUT2D eigenvalue weighted by Gasteiger charge is 2.11. The molecule has 2 aromatic rings. The molecule has 0 aliphatic heterocycles. The summed E-state index contributed by atoms with van der Waals surface area (Å²) < 4.78 is 19.1. The van der Waals surface area contributed by atoms with E-state index in [1.54, 1.807) is 19.4 Å². The van der Waals surface area contributed by atoms with E-state index in [9.17, 15) is 4.39 Å². The Morgan fingerprint density at radius 1 is 1.29 bits per heavy atom. The zero-order chi connectivity index (χ0) is 15.2. The minimum atomic E-state index is -0.242. The largest absolute Gasteiger partial charge is 0.481 e. The number of hydrogen-bond donors (Lipinski definition) is 1. The highest BCUT2D eigenvalue weighted by atomic mass is 19.1. The normalized spacial score (nSPS) is 12.2. The van der Waals surface area contributed by atoms with Gasteiger partial charge in [-0.2, -0.15) is 0 Å². The minimum Gasteiger partial charge on any atom is -0.481 e. The van der Waals surface area contributed by atoms with Crippen LogP contribution in [-0.4, -0.2) is 18.6 Å². The van der Waals surface area contributed by atoms with Gasteiger partial charge in [-0.15, -0.1) is 0 Å². The first-order chi connectivity index (χ1) is 10.2. The third kappa shape index (κ3) is 3.79. The molecule has 21 heavy (non-hydrogen) atoms. The number of methoxy groups -OCH3 is 1. The van der Waals surface area contributed by atoms with Gasteiger partial charge in [-0.1, -0.05) is 13.0 Å². The van der Waals surface area contributed by atoms with E-state index < -0.39 is 0 Å². The molecule has 2 rings (SSSR count). The van der Waals surface area contributed by atoms with Gasteiger partial charge in [0.1, 0.15) is 5.82 Å². The van der Waals surface area contributed by atoms with Crippen molar-refractivity contribution in [2.75, 3.05) is 13.7 Å². The molecule has 112 valence electrons. The minimum absolute atomic E-state index is 0.190. The summed E-state index contributed by atoms with van der Waals surface area (Å²) in [6.07, 6.45) is 2.70. The molecule has 3 nitrogen and oxygen atoms in total. The Hall–Kier alpha value is -1.94. The summed E-state index contributed by atoms with van der Waals surface area (Å²) in [5, 5.41) is 3.41. The van der Waals surface area contributed by atoms with Crippen LogP contribution < -0.4 is 10.1 Å². The number of halogens is 1. The first-order valence-corrected chi connectivity index (χ1v) is 7.19. The maximum absolute atomic E-state index is 14.1. The van der Waals surface area contributed by atoms with Crippen LogP contribution in [0.1, 0.15) is 31.9 Å². The fraction of sp³-hybridized carbons (Fsp3) is 0.353. The van der Waals surface area contributed by atoms with Crippen LogP contribution in [0.15, 0.2) is 36.5 Å². The zero-order valence-electron chi connectivity index (χ0n) is 12.7. The summed E-state index contributed by atoms with van der Waals surface area (Å²) in [7, 11) is 1.56. The second-order valence-electron chi connectivity index (χ2n) is 5.00. The summed E-state index contributed by atoms with van der Waals surface area (Å²) in [5.74, 6) is 0.279. The lowest BCUT2D eigenvalue weighted by Gasteiger charge is -2.15. The smallest absolute Gasteiger partial charge is 0.212 e. The van der Waals surface area contributed by atoms with Crippen molar-refractivity contribution in [2.45, 2.75) is 26.3 Å². The van der Waals surface area contributed by atoms with Gasteiger partial charge >= 0.3 is 0 Å². The first kappa shape index (κ1) is 15.4. The number of aromatic nitrogens is 1. The van der Waals surface area contributed by atoms with Gasteiger partial charge in [0.25, 0.3) is 0 Å². The van der Waals surface area contributed by atoms with Gasteiger partial charge in [-0.3, -0.25) is 0 Å². The Bertz CT molecular complexity index is 584. The molecular formula is C17H21FN2O. The van der Waals surface area contributed by atoms with E-state index in [0.717, 1.165) is 24.1 Å². The summed E-state index contributed by atoms with van der Waals surface area (Å²) >= 11 is 0. The van der Waals surface area contributed by atoms with Crippen molar-refractivity contribution in [3.05, 3.63) is 47.9 Å². The first-order valence-electron chi connectivity index (χ1n) is 7.19. The van der Waals surface area contributed by atoms with Gasteiger partial charge in [0.2, 0.25) is 5.88 Å². The molecule has 0 spiro atoms. The standard InChI is InChI=1S/C17H21FN2O/c1-4-9-19-12(2)13-5-7-16(18)15(10-13)14-6-8-17(21-3)20-11-14/h5-8,10-12,19H,4,9H2,1-3H3. The molecule has 0 aliphatic carbocycles. The number of nitrogens with zero attached hydrogens (tertiary/aromatic N) is 1. The molecule has 0 saturated heterocycles. The average Bonchev–Trinajstić information content (AvgIpc) is 2.53. The monoisotopic (exact) mass is 288 g/mol. The van der Waals surface area contributed by atoms with E-state index in [-0.39, 0.29) is 11.9 Å². The van der Waals surface area contributed by atoms with Gasteiger partial charge in [0.05, 0.1) is 7.11 Å². The summed E-state index contributed by atoms with van der Waals surface area (Å²) in [6, 6.07) is 8.96. The number of nitrogens with one attached hydrogen (secondary N) is 1. The van der Waals surface area contributed by atoms with Crippen molar-refractivity contribution >= 4 is 0 Å². The quantitative estimate of drug-likeness (QED) is 0.873. The Kier molecular flexibility index (Phi) is 5.28. The Balaban J connectivity index is 2.29.